The molecule has 0 saturated carbocycles. The Hall–Kier alpha value is -2.15. The number of nitrogens with zero attached hydrogens (tertiary/aromatic N) is 4. The van der Waals surface area contributed by atoms with Crippen molar-refractivity contribution < 1.29 is 9.90 Å². The molecule has 2 aromatic rings. The predicted octanol–water partition coefficient (Wildman–Crippen LogP) is 1.53. The number of carboxylic acids is 1. The molecule has 8 heteroatoms. The van der Waals surface area contributed by atoms with E-state index in [0.717, 1.165) is 13.0 Å². The van der Waals surface area contributed by atoms with Crippen molar-refractivity contribution in [2.75, 3.05) is 11.9 Å². The number of pyridine rings is 1. The molecule has 0 aromatic carbocycles. The first kappa shape index (κ1) is 13.3. The molecule has 0 aliphatic rings. The summed E-state index contributed by atoms with van der Waals surface area (Å²) >= 11 is 5.75. The van der Waals surface area contributed by atoms with Crippen molar-refractivity contribution in [1.82, 2.24) is 20.0 Å². The lowest BCUT2D eigenvalue weighted by molar-refractivity contribution is 0.0697. The van der Waals surface area contributed by atoms with E-state index in [0.29, 0.717) is 12.4 Å². The van der Waals surface area contributed by atoms with Gasteiger partial charge in [-0.05, 0) is 18.6 Å². The van der Waals surface area contributed by atoms with Crippen molar-refractivity contribution in [3.63, 3.8) is 0 Å². The second-order valence-electron chi connectivity index (χ2n) is 3.82. The maximum atomic E-state index is 10.9. The predicted molar refractivity (Wildman–Crippen MR) is 69.3 cm³/mol. The molecule has 0 spiro atoms. The van der Waals surface area contributed by atoms with Gasteiger partial charge < -0.3 is 10.4 Å². The van der Waals surface area contributed by atoms with Gasteiger partial charge in [0.1, 0.15) is 11.0 Å². The monoisotopic (exact) mass is 281 g/mol. The highest BCUT2D eigenvalue weighted by Gasteiger charge is 2.07. The largest absolute Gasteiger partial charge is 0.478 e. The summed E-state index contributed by atoms with van der Waals surface area (Å²) in [5.74, 6) is -0.585. The average molecular weight is 282 g/mol. The molecule has 0 aliphatic carbocycles. The highest BCUT2D eigenvalue weighted by atomic mass is 35.5. The van der Waals surface area contributed by atoms with Crippen molar-refractivity contribution in [1.29, 1.82) is 0 Å². The first-order valence-corrected chi connectivity index (χ1v) is 6.02. The molecule has 0 aliphatic heterocycles. The van der Waals surface area contributed by atoms with Gasteiger partial charge in [0.15, 0.2) is 0 Å². The molecule has 0 saturated heterocycles. The van der Waals surface area contributed by atoms with E-state index in [4.69, 9.17) is 16.7 Å². The van der Waals surface area contributed by atoms with Crippen LogP contribution in [0.3, 0.4) is 0 Å². The maximum absolute atomic E-state index is 10.9. The standard InChI is InChI=1S/C11H12ClN5O2/c12-9-6-8(11(18)19)7-10(15-9)13-2-1-4-17-5-3-14-16-17/h3,5-7H,1-2,4H2,(H,13,15)(H,18,19). The van der Waals surface area contributed by atoms with Crippen LogP contribution in [0.15, 0.2) is 24.5 Å². The number of carboxylic acid groups (broad SMARTS) is 1. The lowest BCUT2D eigenvalue weighted by Gasteiger charge is -2.07. The van der Waals surface area contributed by atoms with Crippen molar-refractivity contribution in [2.24, 2.45) is 0 Å². The summed E-state index contributed by atoms with van der Waals surface area (Å²) in [6.45, 7) is 1.35. The van der Waals surface area contributed by atoms with Crippen LogP contribution in [0.2, 0.25) is 5.15 Å². The van der Waals surface area contributed by atoms with Crippen LogP contribution >= 0.6 is 11.6 Å². The van der Waals surface area contributed by atoms with Crippen molar-refractivity contribution >= 4 is 23.4 Å². The fraction of sp³-hybridized carbons (Fsp3) is 0.273. The zero-order chi connectivity index (χ0) is 13.7. The third-order valence-electron chi connectivity index (χ3n) is 2.38. The number of hydrogen-bond donors (Lipinski definition) is 2. The Labute approximate surface area is 114 Å². The first-order chi connectivity index (χ1) is 9.15. The first-order valence-electron chi connectivity index (χ1n) is 5.64. The minimum absolute atomic E-state index is 0.110. The topological polar surface area (TPSA) is 92.9 Å². The van der Waals surface area contributed by atoms with Gasteiger partial charge in [-0.25, -0.2) is 9.78 Å². The molecule has 0 amide bonds. The molecule has 7 nitrogen and oxygen atoms in total. The molecule has 0 atom stereocenters. The number of anilines is 1. The van der Waals surface area contributed by atoms with Crippen LogP contribution in [-0.4, -0.2) is 37.6 Å². The number of aromatic carboxylic acids is 1. The molecular weight excluding hydrogens is 270 g/mol. The van der Waals surface area contributed by atoms with Crippen LogP contribution < -0.4 is 5.32 Å². The highest BCUT2D eigenvalue weighted by molar-refractivity contribution is 6.29. The van der Waals surface area contributed by atoms with E-state index in [1.807, 2.05) is 0 Å². The van der Waals surface area contributed by atoms with Gasteiger partial charge in [0, 0.05) is 19.3 Å². The fourth-order valence-corrected chi connectivity index (χ4v) is 1.73. The molecule has 2 aromatic heterocycles. The van der Waals surface area contributed by atoms with Gasteiger partial charge in [-0.15, -0.1) is 5.10 Å². The second-order valence-corrected chi connectivity index (χ2v) is 4.20. The van der Waals surface area contributed by atoms with Gasteiger partial charge in [-0.3, -0.25) is 4.68 Å². The molecule has 2 heterocycles. The molecule has 0 unspecified atom stereocenters. The molecule has 19 heavy (non-hydrogen) atoms. The summed E-state index contributed by atoms with van der Waals surface area (Å²) in [6, 6.07) is 2.76. The van der Waals surface area contributed by atoms with Gasteiger partial charge in [-0.2, -0.15) is 0 Å². The number of carbonyl (C=O) groups is 1. The van der Waals surface area contributed by atoms with Crippen LogP contribution in [0.1, 0.15) is 16.8 Å². The average Bonchev–Trinajstić information content (AvgIpc) is 2.87. The Bertz CT molecular complexity index is 558. The molecule has 100 valence electrons. The minimum atomic E-state index is -1.03. The fourth-order valence-electron chi connectivity index (χ4n) is 1.52. The number of nitrogens with one attached hydrogen (secondary N) is 1. The quantitative estimate of drug-likeness (QED) is 0.616. The second kappa shape index (κ2) is 6.14. The van der Waals surface area contributed by atoms with Crippen LogP contribution in [0, 0.1) is 0 Å². The lowest BCUT2D eigenvalue weighted by atomic mass is 10.2. The van der Waals surface area contributed by atoms with Gasteiger partial charge in [0.25, 0.3) is 0 Å². The van der Waals surface area contributed by atoms with Crippen LogP contribution in [0.4, 0.5) is 5.82 Å². The van der Waals surface area contributed by atoms with Crippen molar-refractivity contribution in [3.8, 4) is 0 Å². The Morgan fingerprint density at radius 2 is 2.32 bits per heavy atom. The Morgan fingerprint density at radius 3 is 3.00 bits per heavy atom. The Balaban J connectivity index is 1.87. The smallest absolute Gasteiger partial charge is 0.335 e. The van der Waals surface area contributed by atoms with E-state index in [1.54, 1.807) is 17.1 Å². The van der Waals surface area contributed by atoms with Crippen molar-refractivity contribution in [3.05, 3.63) is 35.2 Å². The van der Waals surface area contributed by atoms with Crippen molar-refractivity contribution in [2.45, 2.75) is 13.0 Å². The molecule has 0 fully saturated rings. The summed E-state index contributed by atoms with van der Waals surface area (Å²) < 4.78 is 1.72. The lowest BCUT2D eigenvalue weighted by Crippen LogP contribution is -2.09. The van der Waals surface area contributed by atoms with Crippen LogP contribution in [0.5, 0.6) is 0 Å². The van der Waals surface area contributed by atoms with Gasteiger partial charge in [-0.1, -0.05) is 16.8 Å². The number of aromatic nitrogens is 4. The molecule has 0 radical (unpaired) electrons. The third-order valence-corrected chi connectivity index (χ3v) is 2.58. The number of hydrogen-bond acceptors (Lipinski definition) is 5. The normalized spacial score (nSPS) is 10.4. The van der Waals surface area contributed by atoms with Crippen LogP contribution in [-0.2, 0) is 6.54 Å². The Kier molecular flexibility index (Phi) is 4.30. The van der Waals surface area contributed by atoms with Gasteiger partial charge >= 0.3 is 5.97 Å². The molecule has 0 bridgehead atoms. The van der Waals surface area contributed by atoms with E-state index in [1.165, 1.54) is 12.1 Å². The minimum Gasteiger partial charge on any atom is -0.478 e. The molecule has 2 N–H and O–H groups in total. The number of halogens is 1. The van der Waals surface area contributed by atoms with E-state index >= 15 is 0 Å². The maximum Gasteiger partial charge on any atom is 0.335 e. The van der Waals surface area contributed by atoms with E-state index in [2.05, 4.69) is 20.6 Å². The zero-order valence-corrected chi connectivity index (χ0v) is 10.7. The van der Waals surface area contributed by atoms with Gasteiger partial charge in [0.2, 0.25) is 0 Å². The summed E-state index contributed by atoms with van der Waals surface area (Å²) in [5.41, 5.74) is 0.110. The highest BCUT2D eigenvalue weighted by Crippen LogP contribution is 2.14. The van der Waals surface area contributed by atoms with Crippen LogP contribution in [0.25, 0.3) is 0 Å². The zero-order valence-electron chi connectivity index (χ0n) is 9.95. The number of rotatable bonds is 6. The number of aryl methyl sites for hydroxylation is 1. The van der Waals surface area contributed by atoms with E-state index < -0.39 is 5.97 Å². The summed E-state index contributed by atoms with van der Waals surface area (Å²) in [7, 11) is 0. The van der Waals surface area contributed by atoms with E-state index in [9.17, 15) is 4.79 Å². The summed E-state index contributed by atoms with van der Waals surface area (Å²) in [5, 5.41) is 19.6. The SMILES string of the molecule is O=C(O)c1cc(Cl)nc(NCCCn2ccnn2)c1. The molecular formula is C11H12ClN5O2. The summed E-state index contributed by atoms with van der Waals surface area (Å²) in [4.78, 5) is 14.9. The van der Waals surface area contributed by atoms with Gasteiger partial charge in [0.05, 0.1) is 11.8 Å². The Morgan fingerprint density at radius 1 is 1.47 bits per heavy atom. The summed E-state index contributed by atoms with van der Waals surface area (Å²) in [6.07, 6.45) is 4.20. The van der Waals surface area contributed by atoms with E-state index in [-0.39, 0.29) is 10.7 Å². The molecule has 2 rings (SSSR count). The third kappa shape index (κ3) is 3.92.